The zero-order chi connectivity index (χ0) is 16.6. The van der Waals surface area contributed by atoms with Gasteiger partial charge in [0.1, 0.15) is 0 Å². The van der Waals surface area contributed by atoms with Crippen molar-refractivity contribution in [1.29, 1.82) is 0 Å². The fraction of sp³-hybridized carbons (Fsp3) is 0.556. The molecule has 0 saturated carbocycles. The van der Waals surface area contributed by atoms with E-state index in [0.717, 1.165) is 36.3 Å². The van der Waals surface area contributed by atoms with E-state index in [1.807, 2.05) is 12.1 Å². The highest BCUT2D eigenvalue weighted by Crippen LogP contribution is 2.44. The Morgan fingerprint density at radius 3 is 2.71 bits per heavy atom. The fourth-order valence-corrected chi connectivity index (χ4v) is 3.34. The maximum absolute atomic E-state index is 6.10. The maximum atomic E-state index is 6.10. The number of hydrogen-bond donors (Lipinski definition) is 0. The van der Waals surface area contributed by atoms with Gasteiger partial charge < -0.3 is 18.6 Å². The van der Waals surface area contributed by atoms with Crippen LogP contribution >= 0.6 is 0 Å². The third-order valence-corrected chi connectivity index (χ3v) is 5.16. The summed E-state index contributed by atoms with van der Waals surface area (Å²) >= 11 is 0. The van der Waals surface area contributed by atoms with Gasteiger partial charge in [-0.3, -0.25) is 0 Å². The molecule has 128 valence electrons. The summed E-state index contributed by atoms with van der Waals surface area (Å²) in [6, 6.07) is 6.08. The Bertz CT molecular complexity index is 722. The molecule has 2 aliphatic heterocycles. The molecule has 3 heterocycles. The van der Waals surface area contributed by atoms with E-state index in [9.17, 15) is 0 Å². The lowest BCUT2D eigenvalue weighted by atomic mass is 9.74. The number of ether oxygens (including phenoxy) is 3. The van der Waals surface area contributed by atoms with Crippen LogP contribution in [0.1, 0.15) is 56.4 Å². The number of aromatic nitrogens is 2. The van der Waals surface area contributed by atoms with Crippen molar-refractivity contribution in [1.82, 2.24) is 10.2 Å². The molecule has 1 aromatic carbocycles. The van der Waals surface area contributed by atoms with Gasteiger partial charge in [0.2, 0.25) is 18.6 Å². The first-order chi connectivity index (χ1) is 11.7. The molecular weight excluding hydrogens is 308 g/mol. The van der Waals surface area contributed by atoms with Crippen molar-refractivity contribution in [3.8, 4) is 11.5 Å². The average Bonchev–Trinajstić information content (AvgIpc) is 3.30. The fourth-order valence-electron chi connectivity index (χ4n) is 3.34. The second-order valence-corrected chi connectivity index (χ2v) is 6.52. The second kappa shape index (κ2) is 6.09. The van der Waals surface area contributed by atoms with Gasteiger partial charge in [0.15, 0.2) is 11.5 Å². The van der Waals surface area contributed by atoms with Crippen LogP contribution in [0.3, 0.4) is 0 Å². The van der Waals surface area contributed by atoms with Crippen molar-refractivity contribution in [2.45, 2.75) is 44.4 Å². The highest BCUT2D eigenvalue weighted by molar-refractivity contribution is 5.48. The highest BCUT2D eigenvalue weighted by atomic mass is 16.7. The predicted molar refractivity (Wildman–Crippen MR) is 86.4 cm³/mol. The van der Waals surface area contributed by atoms with Gasteiger partial charge in [-0.25, -0.2) is 0 Å². The third kappa shape index (κ3) is 2.45. The quantitative estimate of drug-likeness (QED) is 0.856. The normalized spacial score (nSPS) is 20.1. The van der Waals surface area contributed by atoms with Crippen LogP contribution in [0, 0.1) is 0 Å². The maximum Gasteiger partial charge on any atom is 0.231 e. The topological polar surface area (TPSA) is 66.6 Å². The zero-order valence-electron chi connectivity index (χ0n) is 14.1. The molecule has 0 spiro atoms. The Morgan fingerprint density at radius 1 is 1.12 bits per heavy atom. The van der Waals surface area contributed by atoms with E-state index in [1.54, 1.807) is 0 Å². The predicted octanol–water partition coefficient (Wildman–Crippen LogP) is 3.41. The number of hydrogen-bond acceptors (Lipinski definition) is 6. The van der Waals surface area contributed by atoms with E-state index < -0.39 is 0 Å². The molecule has 1 unspecified atom stereocenters. The van der Waals surface area contributed by atoms with Gasteiger partial charge in [0.05, 0.1) is 5.41 Å². The van der Waals surface area contributed by atoms with Crippen LogP contribution < -0.4 is 9.47 Å². The largest absolute Gasteiger partial charge is 0.454 e. The molecule has 2 aliphatic rings. The van der Waals surface area contributed by atoms with E-state index in [2.05, 4.69) is 30.1 Å². The number of fused-ring (bicyclic) bond motifs is 1. The van der Waals surface area contributed by atoms with Crippen molar-refractivity contribution in [2.75, 3.05) is 20.0 Å². The van der Waals surface area contributed by atoms with Crippen LogP contribution in [0.4, 0.5) is 0 Å². The summed E-state index contributed by atoms with van der Waals surface area (Å²) in [5, 5.41) is 8.70. The Morgan fingerprint density at radius 2 is 1.92 bits per heavy atom. The minimum atomic E-state index is -0.321. The number of nitrogens with zero attached hydrogens (tertiary/aromatic N) is 2. The highest BCUT2D eigenvalue weighted by Gasteiger charge is 2.42. The summed E-state index contributed by atoms with van der Waals surface area (Å²) in [6.45, 7) is 5.85. The van der Waals surface area contributed by atoms with Crippen molar-refractivity contribution in [2.24, 2.45) is 0 Å². The minimum absolute atomic E-state index is 0.264. The van der Waals surface area contributed by atoms with E-state index in [-0.39, 0.29) is 18.1 Å². The molecule has 0 bridgehead atoms. The zero-order valence-corrected chi connectivity index (χ0v) is 14.1. The third-order valence-electron chi connectivity index (χ3n) is 5.16. The van der Waals surface area contributed by atoms with Crippen LogP contribution in [-0.4, -0.2) is 30.2 Å². The first kappa shape index (κ1) is 15.4. The Kier molecular flexibility index (Phi) is 3.92. The van der Waals surface area contributed by atoms with Gasteiger partial charge in [0, 0.05) is 19.1 Å². The summed E-state index contributed by atoms with van der Waals surface area (Å²) < 4.78 is 22.7. The molecule has 4 rings (SSSR count). The van der Waals surface area contributed by atoms with Gasteiger partial charge in [-0.2, -0.15) is 0 Å². The molecule has 1 saturated heterocycles. The first-order valence-corrected chi connectivity index (χ1v) is 8.54. The molecule has 6 nitrogen and oxygen atoms in total. The molecule has 1 fully saturated rings. The van der Waals surface area contributed by atoms with E-state index in [1.165, 1.54) is 0 Å². The summed E-state index contributed by atoms with van der Waals surface area (Å²) in [7, 11) is 0. The molecule has 24 heavy (non-hydrogen) atoms. The Labute approximate surface area is 141 Å². The summed E-state index contributed by atoms with van der Waals surface area (Å²) in [5.41, 5.74) is 0.798. The van der Waals surface area contributed by atoms with Crippen molar-refractivity contribution in [3.63, 3.8) is 0 Å². The van der Waals surface area contributed by atoms with Crippen LogP contribution in [-0.2, 0) is 10.2 Å². The van der Waals surface area contributed by atoms with Crippen molar-refractivity contribution < 1.29 is 18.6 Å². The number of rotatable bonds is 4. The lowest BCUT2D eigenvalue weighted by molar-refractivity contribution is 0.0538. The second-order valence-electron chi connectivity index (χ2n) is 6.52. The minimum Gasteiger partial charge on any atom is -0.454 e. The van der Waals surface area contributed by atoms with Gasteiger partial charge in [-0.05, 0) is 37.0 Å². The van der Waals surface area contributed by atoms with Crippen LogP contribution in [0.5, 0.6) is 11.5 Å². The van der Waals surface area contributed by atoms with Gasteiger partial charge in [-0.15, -0.1) is 10.2 Å². The average molecular weight is 330 g/mol. The Balaban J connectivity index is 1.76. The summed E-state index contributed by atoms with van der Waals surface area (Å²) in [4.78, 5) is 0. The molecule has 1 atom stereocenters. The standard InChI is InChI=1S/C18H22N2O4/c1-3-12(2)16-19-20-17(24-16)18(6-8-21-9-7-18)13-4-5-14-15(10-13)23-11-22-14/h4-5,10,12H,3,6-9,11H2,1-2H3. The lowest BCUT2D eigenvalue weighted by Crippen LogP contribution is -2.35. The molecule has 0 radical (unpaired) electrons. The molecular formula is C18H22N2O4. The van der Waals surface area contributed by atoms with Crippen LogP contribution in [0.25, 0.3) is 0 Å². The van der Waals surface area contributed by atoms with E-state index in [4.69, 9.17) is 18.6 Å². The SMILES string of the molecule is CCC(C)c1nnc(C2(c3ccc4c(c3)OCO4)CCOCC2)o1. The number of benzene rings is 1. The molecule has 0 aliphatic carbocycles. The van der Waals surface area contributed by atoms with Crippen LogP contribution in [0.15, 0.2) is 22.6 Å². The van der Waals surface area contributed by atoms with Crippen molar-refractivity contribution in [3.05, 3.63) is 35.5 Å². The monoisotopic (exact) mass is 330 g/mol. The molecule has 6 heteroatoms. The molecule has 1 aromatic heterocycles. The van der Waals surface area contributed by atoms with Crippen LogP contribution in [0.2, 0.25) is 0 Å². The summed E-state index contributed by atoms with van der Waals surface area (Å²) in [6.07, 6.45) is 2.60. The summed E-state index contributed by atoms with van der Waals surface area (Å²) in [5.74, 6) is 3.21. The van der Waals surface area contributed by atoms with Gasteiger partial charge in [0.25, 0.3) is 0 Å². The van der Waals surface area contributed by atoms with Gasteiger partial charge in [-0.1, -0.05) is 19.9 Å². The van der Waals surface area contributed by atoms with E-state index >= 15 is 0 Å². The smallest absolute Gasteiger partial charge is 0.231 e. The van der Waals surface area contributed by atoms with Gasteiger partial charge >= 0.3 is 0 Å². The lowest BCUT2D eigenvalue weighted by Gasteiger charge is -2.34. The van der Waals surface area contributed by atoms with Crippen molar-refractivity contribution >= 4 is 0 Å². The first-order valence-electron chi connectivity index (χ1n) is 8.54. The van der Waals surface area contributed by atoms with E-state index in [0.29, 0.717) is 25.0 Å². The molecule has 0 amide bonds. The molecule has 2 aromatic rings. The molecule has 0 N–H and O–H groups in total. The Hall–Kier alpha value is -2.08.